The van der Waals surface area contributed by atoms with Gasteiger partial charge < -0.3 is 5.11 Å². The number of hydrogen-bond acceptors (Lipinski definition) is 7. The number of rotatable bonds is 4. The molecule has 0 saturated carbocycles. The first-order valence-corrected chi connectivity index (χ1v) is 7.77. The third kappa shape index (κ3) is 2.29. The van der Waals surface area contributed by atoms with Crippen LogP contribution in [-0.4, -0.2) is 58.5 Å². The lowest BCUT2D eigenvalue weighted by atomic mass is 10.1. The first-order chi connectivity index (χ1) is 9.56. The number of aromatic nitrogens is 4. The Bertz CT molecular complexity index is 601. The molecule has 3 rings (SSSR count). The molecule has 1 fully saturated rings. The number of aliphatic carboxylic acids is 1. The van der Waals surface area contributed by atoms with E-state index in [-0.39, 0.29) is 22.2 Å². The molecule has 0 spiro atoms. The standard InChI is InChI=1S/C10H11N5O3S2/c1-14-10(11-12-13-14)19-4-5-2-6(9(17)18)15-7(16)3-8(15)20-5/h2,5,8H,3-4H2,1H3,(H,17,18)/t5?,8-/m1/s1. The molecule has 2 atom stereocenters. The number of aryl methyl sites for hydroxylation is 1. The maximum Gasteiger partial charge on any atom is 0.352 e. The van der Waals surface area contributed by atoms with Gasteiger partial charge in [-0.05, 0) is 16.5 Å². The molecule has 106 valence electrons. The second kappa shape index (κ2) is 5.09. The molecule has 0 aliphatic carbocycles. The number of tetrazole rings is 1. The molecule has 1 N–H and O–H groups in total. The molecule has 0 aromatic carbocycles. The van der Waals surface area contributed by atoms with Crippen LogP contribution in [0.5, 0.6) is 0 Å². The van der Waals surface area contributed by atoms with Gasteiger partial charge in [-0.3, -0.25) is 9.69 Å². The van der Waals surface area contributed by atoms with E-state index in [2.05, 4.69) is 15.5 Å². The van der Waals surface area contributed by atoms with Crippen molar-refractivity contribution in [2.45, 2.75) is 22.2 Å². The zero-order valence-electron chi connectivity index (χ0n) is 10.5. The van der Waals surface area contributed by atoms with Gasteiger partial charge in [-0.1, -0.05) is 11.8 Å². The van der Waals surface area contributed by atoms with Crippen LogP contribution in [0.1, 0.15) is 6.42 Å². The van der Waals surface area contributed by atoms with Crippen LogP contribution >= 0.6 is 23.5 Å². The number of amides is 1. The summed E-state index contributed by atoms with van der Waals surface area (Å²) in [6.45, 7) is 0. The molecule has 2 aliphatic rings. The van der Waals surface area contributed by atoms with Gasteiger partial charge in [0.25, 0.3) is 0 Å². The van der Waals surface area contributed by atoms with E-state index < -0.39 is 5.97 Å². The van der Waals surface area contributed by atoms with E-state index in [0.29, 0.717) is 17.3 Å². The number of carbonyl (C=O) groups is 2. The Morgan fingerprint density at radius 3 is 3.05 bits per heavy atom. The van der Waals surface area contributed by atoms with E-state index in [1.54, 1.807) is 29.6 Å². The Morgan fingerprint density at radius 2 is 2.45 bits per heavy atom. The van der Waals surface area contributed by atoms with Gasteiger partial charge in [0.2, 0.25) is 11.1 Å². The largest absolute Gasteiger partial charge is 0.477 e. The van der Waals surface area contributed by atoms with Crippen molar-refractivity contribution in [3.63, 3.8) is 0 Å². The van der Waals surface area contributed by atoms with Crippen molar-refractivity contribution in [1.29, 1.82) is 0 Å². The maximum atomic E-state index is 11.4. The molecule has 2 aliphatic heterocycles. The summed E-state index contributed by atoms with van der Waals surface area (Å²) in [7, 11) is 1.75. The minimum Gasteiger partial charge on any atom is -0.477 e. The third-order valence-electron chi connectivity index (χ3n) is 3.02. The van der Waals surface area contributed by atoms with E-state index in [0.717, 1.165) is 0 Å². The summed E-state index contributed by atoms with van der Waals surface area (Å²) in [5.41, 5.74) is 0.0895. The van der Waals surface area contributed by atoms with Gasteiger partial charge >= 0.3 is 5.97 Å². The lowest BCUT2D eigenvalue weighted by Crippen LogP contribution is -2.54. The molecule has 1 amide bonds. The summed E-state index contributed by atoms with van der Waals surface area (Å²) in [4.78, 5) is 24.0. The second-order valence-electron chi connectivity index (χ2n) is 4.35. The Balaban J connectivity index is 1.71. The minimum atomic E-state index is -1.06. The van der Waals surface area contributed by atoms with E-state index in [4.69, 9.17) is 0 Å². The van der Waals surface area contributed by atoms with Crippen LogP contribution < -0.4 is 0 Å². The number of carboxylic acid groups (broad SMARTS) is 1. The van der Waals surface area contributed by atoms with Crippen LogP contribution in [0.25, 0.3) is 0 Å². The monoisotopic (exact) mass is 313 g/mol. The third-order valence-corrected chi connectivity index (χ3v) is 5.70. The fourth-order valence-corrected chi connectivity index (χ4v) is 4.49. The molecule has 20 heavy (non-hydrogen) atoms. The molecule has 0 radical (unpaired) electrons. The number of hydrogen-bond donors (Lipinski definition) is 1. The Morgan fingerprint density at radius 1 is 1.65 bits per heavy atom. The predicted octanol–water partition coefficient (Wildman–Crippen LogP) is -0.0555. The summed E-state index contributed by atoms with van der Waals surface area (Å²) in [6, 6.07) is 0. The molecule has 10 heteroatoms. The van der Waals surface area contributed by atoms with Crippen molar-refractivity contribution < 1.29 is 14.7 Å². The summed E-state index contributed by atoms with van der Waals surface area (Å²) in [5, 5.41) is 21.0. The van der Waals surface area contributed by atoms with Gasteiger partial charge in [-0.2, -0.15) is 0 Å². The fraction of sp³-hybridized carbons (Fsp3) is 0.500. The highest BCUT2D eigenvalue weighted by atomic mass is 32.2. The highest BCUT2D eigenvalue weighted by Crippen LogP contribution is 2.41. The van der Waals surface area contributed by atoms with E-state index >= 15 is 0 Å². The van der Waals surface area contributed by atoms with Gasteiger partial charge in [-0.15, -0.1) is 16.9 Å². The first-order valence-electron chi connectivity index (χ1n) is 5.84. The molecular formula is C10H11N5O3S2. The van der Waals surface area contributed by atoms with Crippen molar-refractivity contribution in [3.05, 3.63) is 11.8 Å². The summed E-state index contributed by atoms with van der Waals surface area (Å²) in [5.74, 6) is -0.521. The second-order valence-corrected chi connectivity index (χ2v) is 6.76. The average molecular weight is 313 g/mol. The molecule has 3 heterocycles. The Kier molecular flexibility index (Phi) is 3.42. The molecule has 0 bridgehead atoms. The van der Waals surface area contributed by atoms with Crippen molar-refractivity contribution in [3.8, 4) is 0 Å². The van der Waals surface area contributed by atoms with Crippen LogP contribution in [0.3, 0.4) is 0 Å². The van der Waals surface area contributed by atoms with E-state index in [1.165, 1.54) is 16.7 Å². The summed E-state index contributed by atoms with van der Waals surface area (Å²) < 4.78 is 1.57. The van der Waals surface area contributed by atoms with Gasteiger partial charge in [0.15, 0.2) is 0 Å². The Hall–Kier alpha value is -1.55. The van der Waals surface area contributed by atoms with Crippen LogP contribution in [0.2, 0.25) is 0 Å². The summed E-state index contributed by atoms with van der Waals surface area (Å²) >= 11 is 3.07. The van der Waals surface area contributed by atoms with Gasteiger partial charge in [-0.25, -0.2) is 9.48 Å². The molecule has 1 unspecified atom stereocenters. The zero-order valence-corrected chi connectivity index (χ0v) is 12.1. The maximum absolute atomic E-state index is 11.4. The molecule has 1 saturated heterocycles. The fourth-order valence-electron chi connectivity index (χ4n) is 2.04. The number of carbonyl (C=O) groups excluding carboxylic acids is 1. The van der Waals surface area contributed by atoms with E-state index in [9.17, 15) is 14.7 Å². The molecular weight excluding hydrogens is 302 g/mol. The van der Waals surface area contributed by atoms with Crippen LogP contribution in [-0.2, 0) is 16.6 Å². The zero-order chi connectivity index (χ0) is 14.3. The van der Waals surface area contributed by atoms with Crippen LogP contribution in [0, 0.1) is 0 Å². The van der Waals surface area contributed by atoms with Crippen LogP contribution in [0.15, 0.2) is 16.9 Å². The lowest BCUT2D eigenvalue weighted by molar-refractivity contribution is -0.146. The quantitative estimate of drug-likeness (QED) is 0.609. The molecule has 1 aromatic rings. The van der Waals surface area contributed by atoms with Crippen LogP contribution in [0.4, 0.5) is 0 Å². The highest BCUT2D eigenvalue weighted by Gasteiger charge is 2.45. The highest BCUT2D eigenvalue weighted by molar-refractivity contribution is 8.03. The number of fused-ring (bicyclic) bond motifs is 1. The molecule has 1 aromatic heterocycles. The number of carboxylic acids is 1. The van der Waals surface area contributed by atoms with E-state index in [1.807, 2.05) is 0 Å². The minimum absolute atomic E-state index is 0.0251. The predicted molar refractivity (Wildman–Crippen MR) is 71.9 cm³/mol. The van der Waals surface area contributed by atoms with Gasteiger partial charge in [0.05, 0.1) is 11.8 Å². The smallest absolute Gasteiger partial charge is 0.352 e. The average Bonchev–Trinajstić information content (AvgIpc) is 2.79. The lowest BCUT2D eigenvalue weighted by Gasteiger charge is -2.44. The normalized spacial score (nSPS) is 24.9. The van der Waals surface area contributed by atoms with Gasteiger partial charge in [0.1, 0.15) is 5.70 Å². The van der Waals surface area contributed by atoms with Gasteiger partial charge in [0, 0.05) is 18.1 Å². The van der Waals surface area contributed by atoms with Crippen molar-refractivity contribution in [2.75, 3.05) is 5.75 Å². The first kappa shape index (κ1) is 13.4. The van der Waals surface area contributed by atoms with Crippen molar-refractivity contribution >= 4 is 35.4 Å². The summed E-state index contributed by atoms with van der Waals surface area (Å²) in [6.07, 6.45) is 2.04. The van der Waals surface area contributed by atoms with Crippen molar-refractivity contribution in [1.82, 2.24) is 25.1 Å². The number of β-lactam (4-membered cyclic amide) rings is 1. The topological polar surface area (TPSA) is 101 Å². The van der Waals surface area contributed by atoms with Crippen molar-refractivity contribution in [2.24, 2.45) is 7.05 Å². The Labute approximate surface area is 122 Å². The SMILES string of the molecule is Cn1nnnc1SCC1C=C(C(=O)O)N2C(=O)C[C@H]2S1. The molecule has 8 nitrogen and oxygen atoms in total. The number of nitrogens with zero attached hydrogens (tertiary/aromatic N) is 5. The number of thioether (sulfide) groups is 2.